The first-order valence-corrected chi connectivity index (χ1v) is 6.93. The highest BCUT2D eigenvalue weighted by Crippen LogP contribution is 2.27. The molecule has 1 unspecified atom stereocenters. The van der Waals surface area contributed by atoms with Crippen LogP contribution in [0.4, 0.5) is 5.13 Å². The van der Waals surface area contributed by atoms with Gasteiger partial charge in [0.15, 0.2) is 4.34 Å². The first kappa shape index (κ1) is 12.2. The molecule has 0 aliphatic carbocycles. The van der Waals surface area contributed by atoms with E-state index in [1.165, 1.54) is 23.1 Å². The Bertz CT molecular complexity index is 282. The molecule has 1 heterocycles. The van der Waals surface area contributed by atoms with Gasteiger partial charge in [-0.1, -0.05) is 39.0 Å². The highest BCUT2D eigenvalue weighted by atomic mass is 79.9. The van der Waals surface area contributed by atoms with Crippen molar-refractivity contribution in [1.82, 2.24) is 10.2 Å². The first-order chi connectivity index (χ1) is 6.63. The molecule has 0 saturated heterocycles. The van der Waals surface area contributed by atoms with E-state index in [1.807, 2.05) is 19.0 Å². The molecule has 1 aromatic rings. The lowest BCUT2D eigenvalue weighted by atomic mass is 10.5. The minimum Gasteiger partial charge on any atom is -0.391 e. The van der Waals surface area contributed by atoms with Crippen LogP contribution in [-0.4, -0.2) is 46.6 Å². The van der Waals surface area contributed by atoms with Crippen molar-refractivity contribution in [2.24, 2.45) is 0 Å². The quantitative estimate of drug-likeness (QED) is 0.658. The van der Waals surface area contributed by atoms with Gasteiger partial charge in [-0.3, -0.25) is 0 Å². The predicted octanol–water partition coefficient (Wildman–Crippen LogP) is 1.45. The van der Waals surface area contributed by atoms with Gasteiger partial charge in [0.05, 0.1) is 6.10 Å². The van der Waals surface area contributed by atoms with E-state index in [4.69, 9.17) is 0 Å². The molecule has 14 heavy (non-hydrogen) atoms. The zero-order valence-corrected chi connectivity index (χ0v) is 11.2. The molecule has 0 aliphatic heterocycles. The SMILES string of the molecule is CN(C)c1nnc(SCC(O)CBr)s1. The van der Waals surface area contributed by atoms with E-state index in [1.54, 1.807) is 0 Å². The van der Waals surface area contributed by atoms with E-state index in [-0.39, 0.29) is 6.10 Å². The van der Waals surface area contributed by atoms with E-state index in [2.05, 4.69) is 26.1 Å². The van der Waals surface area contributed by atoms with Crippen molar-refractivity contribution >= 4 is 44.2 Å². The van der Waals surface area contributed by atoms with Crippen LogP contribution < -0.4 is 4.90 Å². The fourth-order valence-corrected chi connectivity index (χ4v) is 2.90. The van der Waals surface area contributed by atoms with Gasteiger partial charge in [0.25, 0.3) is 0 Å². The minimum absolute atomic E-state index is 0.327. The highest BCUT2D eigenvalue weighted by molar-refractivity contribution is 9.09. The summed E-state index contributed by atoms with van der Waals surface area (Å²) < 4.78 is 0.897. The van der Waals surface area contributed by atoms with Gasteiger partial charge < -0.3 is 10.0 Å². The van der Waals surface area contributed by atoms with E-state index in [9.17, 15) is 5.11 Å². The van der Waals surface area contributed by atoms with E-state index in [0.29, 0.717) is 11.1 Å². The second kappa shape index (κ2) is 5.89. The van der Waals surface area contributed by atoms with Crippen LogP contribution in [0, 0.1) is 0 Å². The van der Waals surface area contributed by atoms with Crippen LogP contribution in [-0.2, 0) is 0 Å². The molecule has 1 N–H and O–H groups in total. The molecule has 0 radical (unpaired) electrons. The van der Waals surface area contributed by atoms with Crippen LogP contribution in [0.25, 0.3) is 0 Å². The molecule has 1 rings (SSSR count). The lowest BCUT2D eigenvalue weighted by molar-refractivity contribution is 0.226. The van der Waals surface area contributed by atoms with Crippen molar-refractivity contribution in [3.05, 3.63) is 0 Å². The first-order valence-electron chi connectivity index (χ1n) is 4.01. The molecule has 4 nitrogen and oxygen atoms in total. The summed E-state index contributed by atoms with van der Waals surface area (Å²) in [5.74, 6) is 0.646. The fourth-order valence-electron chi connectivity index (χ4n) is 0.654. The molecule has 80 valence electrons. The zero-order valence-electron chi connectivity index (χ0n) is 7.97. The Balaban J connectivity index is 2.44. The van der Waals surface area contributed by atoms with E-state index < -0.39 is 0 Å². The fraction of sp³-hybridized carbons (Fsp3) is 0.714. The number of hydrogen-bond donors (Lipinski definition) is 1. The number of alkyl halides is 1. The van der Waals surface area contributed by atoms with Crippen molar-refractivity contribution in [3.8, 4) is 0 Å². The molecule has 1 aromatic heterocycles. The van der Waals surface area contributed by atoms with Crippen LogP contribution in [0.2, 0.25) is 0 Å². The number of halogens is 1. The molecular formula is C7H12BrN3OS2. The predicted molar refractivity (Wildman–Crippen MR) is 64.8 cm³/mol. The maximum absolute atomic E-state index is 9.31. The molecule has 0 saturated carbocycles. The van der Waals surface area contributed by atoms with Gasteiger partial charge in [-0.25, -0.2) is 0 Å². The Hall–Kier alpha value is 0.150. The summed E-state index contributed by atoms with van der Waals surface area (Å²) in [5, 5.41) is 18.8. The molecule has 0 aliphatic rings. The third kappa shape index (κ3) is 3.72. The molecule has 0 bridgehead atoms. The van der Waals surface area contributed by atoms with Crippen molar-refractivity contribution < 1.29 is 5.11 Å². The number of hydrogen-bond acceptors (Lipinski definition) is 6. The minimum atomic E-state index is -0.327. The maximum atomic E-state index is 9.31. The molecule has 0 spiro atoms. The molecule has 0 fully saturated rings. The van der Waals surface area contributed by atoms with Gasteiger partial charge in [-0.15, -0.1) is 10.2 Å². The topological polar surface area (TPSA) is 49.2 Å². The second-order valence-electron chi connectivity index (χ2n) is 2.86. The maximum Gasteiger partial charge on any atom is 0.208 e. The molecule has 7 heteroatoms. The van der Waals surface area contributed by atoms with Crippen molar-refractivity contribution in [3.63, 3.8) is 0 Å². The number of aliphatic hydroxyl groups excluding tert-OH is 1. The van der Waals surface area contributed by atoms with Gasteiger partial charge >= 0.3 is 0 Å². The Morgan fingerprint density at radius 1 is 1.57 bits per heavy atom. The number of anilines is 1. The Morgan fingerprint density at radius 3 is 2.79 bits per heavy atom. The average molecular weight is 298 g/mol. The number of aliphatic hydroxyl groups is 1. The summed E-state index contributed by atoms with van der Waals surface area (Å²) in [4.78, 5) is 1.92. The average Bonchev–Trinajstić information content (AvgIpc) is 2.62. The Kier molecular flexibility index (Phi) is 5.14. The van der Waals surface area contributed by atoms with E-state index in [0.717, 1.165) is 9.47 Å². The van der Waals surface area contributed by atoms with Crippen LogP contribution in [0.5, 0.6) is 0 Å². The number of aromatic nitrogens is 2. The highest BCUT2D eigenvalue weighted by Gasteiger charge is 2.08. The standard InChI is InChI=1S/C7H12BrN3OS2/c1-11(2)6-9-10-7(14-6)13-4-5(12)3-8/h5,12H,3-4H2,1-2H3. The second-order valence-corrected chi connectivity index (χ2v) is 5.73. The van der Waals surface area contributed by atoms with Crippen molar-refractivity contribution in [1.29, 1.82) is 0 Å². The van der Waals surface area contributed by atoms with Crippen LogP contribution in [0.15, 0.2) is 4.34 Å². The van der Waals surface area contributed by atoms with Crippen molar-refractivity contribution in [2.75, 3.05) is 30.1 Å². The largest absolute Gasteiger partial charge is 0.391 e. The lowest BCUT2D eigenvalue weighted by Gasteiger charge is -2.04. The van der Waals surface area contributed by atoms with Crippen LogP contribution in [0.1, 0.15) is 0 Å². The molecule has 0 amide bonds. The van der Waals surface area contributed by atoms with Gasteiger partial charge in [-0.2, -0.15) is 0 Å². The van der Waals surface area contributed by atoms with E-state index >= 15 is 0 Å². The van der Waals surface area contributed by atoms with Gasteiger partial charge in [0.1, 0.15) is 0 Å². The Labute approximate surface area is 99.8 Å². The lowest BCUT2D eigenvalue weighted by Crippen LogP contribution is -2.10. The molecule has 0 aromatic carbocycles. The molecule has 1 atom stereocenters. The summed E-state index contributed by atoms with van der Waals surface area (Å²) >= 11 is 6.28. The summed E-state index contributed by atoms with van der Waals surface area (Å²) in [6.07, 6.45) is -0.327. The van der Waals surface area contributed by atoms with Gasteiger partial charge in [0, 0.05) is 25.2 Å². The third-order valence-corrected chi connectivity index (χ3v) is 4.47. The van der Waals surface area contributed by atoms with Gasteiger partial charge in [0.2, 0.25) is 5.13 Å². The van der Waals surface area contributed by atoms with Crippen molar-refractivity contribution in [2.45, 2.75) is 10.4 Å². The summed E-state index contributed by atoms with van der Waals surface area (Å²) in [6.45, 7) is 0. The number of rotatable bonds is 5. The number of thioether (sulfide) groups is 1. The summed E-state index contributed by atoms with van der Waals surface area (Å²) in [7, 11) is 3.87. The van der Waals surface area contributed by atoms with Gasteiger partial charge in [-0.05, 0) is 0 Å². The monoisotopic (exact) mass is 297 g/mol. The summed E-state index contributed by atoms with van der Waals surface area (Å²) in [5.41, 5.74) is 0. The number of nitrogens with zero attached hydrogens (tertiary/aromatic N) is 3. The van der Waals surface area contributed by atoms with Crippen LogP contribution >= 0.6 is 39.0 Å². The third-order valence-electron chi connectivity index (χ3n) is 1.36. The van der Waals surface area contributed by atoms with Crippen LogP contribution in [0.3, 0.4) is 0 Å². The normalized spacial score (nSPS) is 12.9. The zero-order chi connectivity index (χ0) is 10.6. The Morgan fingerprint density at radius 2 is 2.29 bits per heavy atom. The molecular weight excluding hydrogens is 286 g/mol. The smallest absolute Gasteiger partial charge is 0.208 e. The summed E-state index contributed by atoms with van der Waals surface area (Å²) in [6, 6.07) is 0.